The lowest BCUT2D eigenvalue weighted by Gasteiger charge is -2.38. The van der Waals surface area contributed by atoms with Gasteiger partial charge in [0.25, 0.3) is 5.91 Å². The van der Waals surface area contributed by atoms with Crippen LogP contribution in [0.1, 0.15) is 65.7 Å². The van der Waals surface area contributed by atoms with E-state index in [1.54, 1.807) is 39.4 Å². The van der Waals surface area contributed by atoms with Crippen LogP contribution in [0.4, 0.5) is 4.39 Å². The Labute approximate surface area is 250 Å². The molecule has 2 aliphatic rings. The van der Waals surface area contributed by atoms with Crippen molar-refractivity contribution in [1.29, 1.82) is 0 Å². The van der Waals surface area contributed by atoms with E-state index in [-0.39, 0.29) is 29.4 Å². The van der Waals surface area contributed by atoms with Gasteiger partial charge in [-0.15, -0.1) is 5.10 Å². The van der Waals surface area contributed by atoms with Crippen molar-refractivity contribution in [3.05, 3.63) is 89.3 Å². The third-order valence-corrected chi connectivity index (χ3v) is 8.11. The third kappa shape index (κ3) is 5.74. The number of aromatic nitrogens is 5. The van der Waals surface area contributed by atoms with Crippen molar-refractivity contribution < 1.29 is 18.7 Å². The molecule has 1 saturated heterocycles. The van der Waals surface area contributed by atoms with Gasteiger partial charge >= 0.3 is 5.97 Å². The van der Waals surface area contributed by atoms with Crippen LogP contribution in [-0.2, 0) is 18.2 Å². The first kappa shape index (κ1) is 28.5. The lowest BCUT2D eigenvalue weighted by Crippen LogP contribution is -2.43. The number of carbonyl (C=O) groups excluding carboxylic acids is 2. The smallest absolute Gasteiger partial charge is 0.341 e. The Bertz CT molecular complexity index is 1740. The Balaban J connectivity index is 1.33. The van der Waals surface area contributed by atoms with Gasteiger partial charge in [0.1, 0.15) is 11.4 Å². The maximum Gasteiger partial charge on any atom is 0.341 e. The molecule has 3 heterocycles. The van der Waals surface area contributed by atoms with Gasteiger partial charge in [0, 0.05) is 44.2 Å². The van der Waals surface area contributed by atoms with E-state index in [2.05, 4.69) is 35.3 Å². The average Bonchev–Trinajstić information content (AvgIpc) is 3.37. The molecule has 1 aliphatic carbocycles. The summed E-state index contributed by atoms with van der Waals surface area (Å²) in [6, 6.07) is 12.3. The first-order valence-electron chi connectivity index (χ1n) is 14.7. The van der Waals surface area contributed by atoms with Gasteiger partial charge in [0.2, 0.25) is 0 Å². The first-order valence-corrected chi connectivity index (χ1v) is 14.7. The summed E-state index contributed by atoms with van der Waals surface area (Å²) >= 11 is 0. The second-order valence-electron chi connectivity index (χ2n) is 12.1. The van der Waals surface area contributed by atoms with Crippen LogP contribution in [0.3, 0.4) is 0 Å². The summed E-state index contributed by atoms with van der Waals surface area (Å²) in [5, 5.41) is 12.8. The number of aryl methyl sites for hydroxylation is 1. The van der Waals surface area contributed by atoms with Crippen molar-refractivity contribution in [3.8, 4) is 16.8 Å². The molecule has 1 fully saturated rings. The molecule has 1 aliphatic heterocycles. The number of carbonyl (C=O) groups is 2. The summed E-state index contributed by atoms with van der Waals surface area (Å²) < 4.78 is 24.7. The Morgan fingerprint density at radius 2 is 1.95 bits per heavy atom. The summed E-state index contributed by atoms with van der Waals surface area (Å²) in [6.07, 6.45) is 8.05. The number of hydrogen-bond acceptors (Lipinski definition) is 6. The van der Waals surface area contributed by atoms with Crippen LogP contribution in [0.2, 0.25) is 0 Å². The molecular formula is C33H35FN6O3. The molecule has 1 atom stereocenters. The SMILES string of the molecule is CCOC(=O)c1cnn(-c2cccc(-c3cccc(C(=O)N4CCCC(C)(C)C4)c3F)c2)c1C1=C[C@@H]1Cc1cn(C)nn1. The Morgan fingerprint density at radius 3 is 2.70 bits per heavy atom. The number of rotatable bonds is 8. The van der Waals surface area contributed by atoms with Crippen molar-refractivity contribution in [3.63, 3.8) is 0 Å². The van der Waals surface area contributed by atoms with E-state index < -0.39 is 11.8 Å². The van der Waals surface area contributed by atoms with Gasteiger partial charge in [0.15, 0.2) is 0 Å². The normalized spacial score (nSPS) is 17.5. The highest BCUT2D eigenvalue weighted by atomic mass is 19.1. The zero-order chi connectivity index (χ0) is 30.3. The number of esters is 1. The third-order valence-electron chi connectivity index (χ3n) is 8.11. The van der Waals surface area contributed by atoms with Crippen molar-refractivity contribution >= 4 is 17.4 Å². The number of allylic oxidation sites excluding steroid dienone is 2. The summed E-state index contributed by atoms with van der Waals surface area (Å²) in [5.41, 5.74) is 4.47. The van der Waals surface area contributed by atoms with Crippen molar-refractivity contribution in [2.75, 3.05) is 19.7 Å². The van der Waals surface area contributed by atoms with E-state index >= 15 is 4.39 Å². The van der Waals surface area contributed by atoms with Crippen molar-refractivity contribution in [2.45, 2.75) is 40.0 Å². The number of likely N-dealkylation sites (tertiary alicyclic amines) is 1. The van der Waals surface area contributed by atoms with Gasteiger partial charge in [-0.2, -0.15) is 5.10 Å². The number of halogens is 1. The number of piperidine rings is 1. The number of benzene rings is 2. The van der Waals surface area contributed by atoms with Crippen LogP contribution in [-0.4, -0.2) is 61.2 Å². The maximum atomic E-state index is 16.0. The fourth-order valence-electron chi connectivity index (χ4n) is 5.98. The van der Waals surface area contributed by atoms with E-state index in [0.29, 0.717) is 47.6 Å². The van der Waals surface area contributed by atoms with Crippen LogP contribution in [0.25, 0.3) is 22.4 Å². The predicted molar refractivity (Wildman–Crippen MR) is 160 cm³/mol. The lowest BCUT2D eigenvalue weighted by molar-refractivity contribution is 0.0525. The predicted octanol–water partition coefficient (Wildman–Crippen LogP) is 5.50. The Morgan fingerprint density at radius 1 is 1.14 bits per heavy atom. The van der Waals surface area contributed by atoms with Gasteiger partial charge in [-0.1, -0.05) is 49.4 Å². The maximum absolute atomic E-state index is 16.0. The van der Waals surface area contributed by atoms with Crippen LogP contribution < -0.4 is 0 Å². The quantitative estimate of drug-likeness (QED) is 0.255. The van der Waals surface area contributed by atoms with E-state index in [4.69, 9.17) is 4.74 Å². The Kier molecular flexibility index (Phi) is 7.45. The molecular weight excluding hydrogens is 547 g/mol. The van der Waals surface area contributed by atoms with E-state index in [1.807, 2.05) is 37.5 Å². The number of hydrogen-bond donors (Lipinski definition) is 0. The molecule has 2 aromatic carbocycles. The summed E-state index contributed by atoms with van der Waals surface area (Å²) in [7, 11) is 1.82. The molecule has 6 rings (SSSR count). The second kappa shape index (κ2) is 11.2. The summed E-state index contributed by atoms with van der Waals surface area (Å²) in [5.74, 6) is -1.21. The standard InChI is InChI=1S/C33H35FN6O3/c1-5-43-32(42)28-18-35-40(30(28)27-17-22(27)15-23-19-38(4)37-36-23)24-10-6-9-21(16-24)25-11-7-12-26(29(25)34)31(41)39-14-8-13-33(2,3)20-39/h6-7,9-12,16-19,22H,5,8,13-15,20H2,1-4H3/t22-/m0/s1. The Hall–Kier alpha value is -4.60. The average molecular weight is 583 g/mol. The molecule has 43 heavy (non-hydrogen) atoms. The molecule has 0 unspecified atom stereocenters. The largest absolute Gasteiger partial charge is 0.462 e. The summed E-state index contributed by atoms with van der Waals surface area (Å²) in [4.78, 5) is 28.1. The van der Waals surface area contributed by atoms with Crippen LogP contribution in [0.5, 0.6) is 0 Å². The molecule has 1 amide bonds. The van der Waals surface area contributed by atoms with Crippen LogP contribution in [0, 0.1) is 17.2 Å². The lowest BCUT2D eigenvalue weighted by atomic mass is 9.84. The highest BCUT2D eigenvalue weighted by Crippen LogP contribution is 2.43. The molecule has 9 nitrogen and oxygen atoms in total. The van der Waals surface area contributed by atoms with Crippen LogP contribution >= 0.6 is 0 Å². The van der Waals surface area contributed by atoms with Gasteiger partial charge in [-0.25, -0.2) is 13.9 Å². The van der Waals surface area contributed by atoms with E-state index in [9.17, 15) is 9.59 Å². The number of nitrogens with zero attached hydrogens (tertiary/aromatic N) is 6. The molecule has 4 aromatic rings. The number of ether oxygens (including phenoxy) is 1. The van der Waals surface area contributed by atoms with Crippen molar-refractivity contribution in [1.82, 2.24) is 29.7 Å². The van der Waals surface area contributed by atoms with Crippen molar-refractivity contribution in [2.24, 2.45) is 18.4 Å². The topological polar surface area (TPSA) is 95.1 Å². The van der Waals surface area contributed by atoms with Gasteiger partial charge in [-0.05, 0) is 54.5 Å². The van der Waals surface area contributed by atoms with E-state index in [0.717, 1.165) is 24.1 Å². The number of amides is 1. The van der Waals surface area contributed by atoms with Gasteiger partial charge in [0.05, 0.1) is 35.4 Å². The minimum Gasteiger partial charge on any atom is -0.462 e. The fourth-order valence-corrected chi connectivity index (χ4v) is 5.98. The molecule has 0 radical (unpaired) electrons. The second-order valence-corrected chi connectivity index (χ2v) is 12.1. The molecule has 0 N–H and O–H groups in total. The molecule has 0 bridgehead atoms. The summed E-state index contributed by atoms with van der Waals surface area (Å²) in [6.45, 7) is 7.50. The highest BCUT2D eigenvalue weighted by Gasteiger charge is 2.35. The highest BCUT2D eigenvalue weighted by molar-refractivity contribution is 5.98. The first-order chi connectivity index (χ1) is 20.6. The minimum atomic E-state index is -0.546. The van der Waals surface area contributed by atoms with Gasteiger partial charge in [-0.3, -0.25) is 9.48 Å². The van der Waals surface area contributed by atoms with Crippen LogP contribution in [0.15, 0.2) is 60.9 Å². The molecule has 222 valence electrons. The minimum absolute atomic E-state index is 0.00467. The zero-order valence-corrected chi connectivity index (χ0v) is 24.9. The fraction of sp³-hybridized carbons (Fsp3) is 0.364. The van der Waals surface area contributed by atoms with E-state index in [1.165, 1.54) is 6.20 Å². The zero-order valence-electron chi connectivity index (χ0n) is 24.9. The van der Waals surface area contributed by atoms with Gasteiger partial charge < -0.3 is 9.64 Å². The molecule has 2 aromatic heterocycles. The molecule has 0 saturated carbocycles. The molecule has 0 spiro atoms. The monoisotopic (exact) mass is 582 g/mol. The molecule has 10 heteroatoms.